The van der Waals surface area contributed by atoms with Gasteiger partial charge in [-0.1, -0.05) is 64.9 Å². The van der Waals surface area contributed by atoms with Gasteiger partial charge in [-0.2, -0.15) is 18.2 Å². The van der Waals surface area contributed by atoms with E-state index in [1.54, 1.807) is 30.3 Å². The first-order valence-electron chi connectivity index (χ1n) is 10.8. The molecule has 180 valence electrons. The van der Waals surface area contributed by atoms with E-state index in [4.69, 9.17) is 9.05 Å². The lowest BCUT2D eigenvalue weighted by Crippen LogP contribution is -2.43. The number of aliphatic hydroxyl groups excluding tert-OH is 1. The van der Waals surface area contributed by atoms with Crippen LogP contribution in [0, 0.1) is 5.92 Å². The van der Waals surface area contributed by atoms with E-state index < -0.39 is 29.5 Å². The van der Waals surface area contributed by atoms with E-state index in [1.165, 1.54) is 24.3 Å². The molecule has 1 aliphatic heterocycles. The maximum absolute atomic E-state index is 13.9. The molecule has 1 unspecified atom stereocenters. The van der Waals surface area contributed by atoms with Crippen LogP contribution in [0.25, 0.3) is 34.3 Å². The predicted octanol–water partition coefficient (Wildman–Crippen LogP) is 4.29. The number of carbonyl (C=O) groups is 1. The molecule has 0 aliphatic carbocycles. The molecule has 1 aliphatic rings. The monoisotopic (exact) mass is 484 g/mol. The smallest absolute Gasteiger partial charge is 0.381 e. The van der Waals surface area contributed by atoms with Crippen molar-refractivity contribution in [1.82, 2.24) is 20.6 Å². The highest BCUT2D eigenvalue weighted by molar-refractivity contribution is 5.84. The van der Waals surface area contributed by atoms with Gasteiger partial charge in [-0.3, -0.25) is 4.79 Å². The molecule has 11 heteroatoms. The molecule has 4 aromatic rings. The highest BCUT2D eigenvalue weighted by Gasteiger charge is 2.43. The van der Waals surface area contributed by atoms with Crippen LogP contribution in [0.4, 0.5) is 13.2 Å². The van der Waals surface area contributed by atoms with Crippen LogP contribution >= 0.6 is 0 Å². The molecule has 0 radical (unpaired) electrons. The van der Waals surface area contributed by atoms with Crippen LogP contribution in [-0.2, 0) is 11.0 Å². The molecule has 0 spiro atoms. The molecule has 0 amide bonds. The highest BCUT2D eigenvalue weighted by Crippen LogP contribution is 2.43. The zero-order valence-corrected chi connectivity index (χ0v) is 18.1. The Kier molecular flexibility index (Phi) is 5.95. The number of halogens is 3. The molecule has 2 aromatic carbocycles. The van der Waals surface area contributed by atoms with Gasteiger partial charge in [0.05, 0.1) is 0 Å². The number of Topliss-reactive ketones (excluding diaryl/α,β-unsaturated/α-hetero) is 1. The molecular formula is C24H19F3N4O4. The first-order chi connectivity index (χ1) is 16.8. The largest absolute Gasteiger partial charge is 0.422 e. The molecule has 8 nitrogen and oxygen atoms in total. The summed E-state index contributed by atoms with van der Waals surface area (Å²) in [7, 11) is 0. The van der Waals surface area contributed by atoms with E-state index in [2.05, 4.69) is 20.6 Å². The Morgan fingerprint density at radius 3 is 2.37 bits per heavy atom. The molecule has 2 aromatic heterocycles. The Morgan fingerprint density at radius 2 is 1.74 bits per heavy atom. The lowest BCUT2D eigenvalue weighted by molar-refractivity contribution is -0.137. The fraction of sp³-hybridized carbons (Fsp3) is 0.250. The van der Waals surface area contributed by atoms with Crippen LogP contribution in [0.3, 0.4) is 0 Å². The number of rotatable bonds is 7. The van der Waals surface area contributed by atoms with E-state index in [-0.39, 0.29) is 35.2 Å². The fourth-order valence-electron chi connectivity index (χ4n) is 3.81. The Bertz CT molecular complexity index is 1330. The number of hydrogen-bond donors (Lipinski definition) is 2. The molecule has 35 heavy (non-hydrogen) atoms. The SMILES string of the molecule is O=C(CC1CNC1)C(O)c1ccc(-c2noc(-c3onc(-c4ccccc4)c3C(F)(F)F)n2)cc1. The highest BCUT2D eigenvalue weighted by atomic mass is 19.4. The summed E-state index contributed by atoms with van der Waals surface area (Å²) in [5, 5.41) is 20.8. The van der Waals surface area contributed by atoms with E-state index >= 15 is 0 Å². The Balaban J connectivity index is 1.40. The van der Waals surface area contributed by atoms with Gasteiger partial charge in [0.2, 0.25) is 11.6 Å². The molecule has 2 N–H and O–H groups in total. The number of benzene rings is 2. The average molecular weight is 484 g/mol. The Labute approximate surface area is 196 Å². The number of nitrogens with zero attached hydrogens (tertiary/aromatic N) is 3. The number of aliphatic hydroxyl groups is 1. The van der Waals surface area contributed by atoms with Gasteiger partial charge in [-0.05, 0) is 24.6 Å². The summed E-state index contributed by atoms with van der Waals surface area (Å²) in [5.41, 5.74) is -0.447. The van der Waals surface area contributed by atoms with Crippen LogP contribution < -0.4 is 5.32 Å². The van der Waals surface area contributed by atoms with E-state index in [1.807, 2.05) is 0 Å². The third-order valence-electron chi connectivity index (χ3n) is 5.79. The zero-order chi connectivity index (χ0) is 24.6. The summed E-state index contributed by atoms with van der Waals surface area (Å²) < 4.78 is 51.7. The van der Waals surface area contributed by atoms with Crippen LogP contribution in [-0.4, -0.2) is 39.3 Å². The normalized spacial score (nSPS) is 15.1. The van der Waals surface area contributed by atoms with Crippen molar-refractivity contribution in [1.29, 1.82) is 0 Å². The van der Waals surface area contributed by atoms with E-state index in [0.717, 1.165) is 13.1 Å². The number of aromatic nitrogens is 3. The van der Waals surface area contributed by atoms with Gasteiger partial charge in [0.1, 0.15) is 17.4 Å². The summed E-state index contributed by atoms with van der Waals surface area (Å²) >= 11 is 0. The first kappa shape index (κ1) is 22.9. The third kappa shape index (κ3) is 4.60. The number of alkyl halides is 3. The number of carbonyl (C=O) groups excluding carboxylic acids is 1. The van der Waals surface area contributed by atoms with Crippen molar-refractivity contribution < 1.29 is 32.1 Å². The molecule has 0 bridgehead atoms. The average Bonchev–Trinajstić information content (AvgIpc) is 3.49. The lowest BCUT2D eigenvalue weighted by Gasteiger charge is -2.27. The zero-order valence-electron chi connectivity index (χ0n) is 18.1. The maximum atomic E-state index is 13.9. The minimum absolute atomic E-state index is 0.0127. The van der Waals surface area contributed by atoms with Crippen molar-refractivity contribution in [2.45, 2.75) is 18.7 Å². The van der Waals surface area contributed by atoms with Gasteiger partial charge < -0.3 is 19.5 Å². The van der Waals surface area contributed by atoms with E-state index in [9.17, 15) is 23.1 Å². The Morgan fingerprint density at radius 1 is 1.03 bits per heavy atom. The van der Waals surface area contributed by atoms with Gasteiger partial charge in [-0.15, -0.1) is 0 Å². The van der Waals surface area contributed by atoms with Gasteiger partial charge in [0.15, 0.2) is 5.78 Å². The summed E-state index contributed by atoms with van der Waals surface area (Å²) in [6, 6.07) is 14.0. The molecule has 1 atom stereocenters. The van der Waals surface area contributed by atoms with Gasteiger partial charge in [0, 0.05) is 17.5 Å². The summed E-state index contributed by atoms with van der Waals surface area (Å²) in [6.45, 7) is 1.51. The number of hydrogen-bond acceptors (Lipinski definition) is 8. The van der Waals surface area contributed by atoms with Crippen molar-refractivity contribution in [3.8, 4) is 34.3 Å². The minimum Gasteiger partial charge on any atom is -0.381 e. The second kappa shape index (κ2) is 9.08. The van der Waals surface area contributed by atoms with Crippen LogP contribution in [0.5, 0.6) is 0 Å². The molecule has 0 saturated carbocycles. The first-order valence-corrected chi connectivity index (χ1v) is 10.8. The number of ketones is 1. The summed E-state index contributed by atoms with van der Waals surface area (Å²) in [5.74, 6) is -1.19. The maximum Gasteiger partial charge on any atom is 0.422 e. The molecule has 1 saturated heterocycles. The van der Waals surface area contributed by atoms with Crippen LogP contribution in [0.15, 0.2) is 63.6 Å². The predicted molar refractivity (Wildman–Crippen MR) is 117 cm³/mol. The lowest BCUT2D eigenvalue weighted by atomic mass is 9.92. The van der Waals surface area contributed by atoms with Crippen molar-refractivity contribution >= 4 is 5.78 Å². The van der Waals surface area contributed by atoms with Crippen molar-refractivity contribution in [3.63, 3.8) is 0 Å². The molecular weight excluding hydrogens is 465 g/mol. The number of nitrogens with one attached hydrogen (secondary N) is 1. The van der Waals surface area contributed by atoms with Gasteiger partial charge in [0.25, 0.3) is 5.89 Å². The molecule has 5 rings (SSSR count). The summed E-state index contributed by atoms with van der Waals surface area (Å²) in [6.07, 6.45) is -5.76. The van der Waals surface area contributed by atoms with Crippen LogP contribution in [0.1, 0.15) is 23.7 Å². The van der Waals surface area contributed by atoms with Crippen LogP contribution in [0.2, 0.25) is 0 Å². The van der Waals surface area contributed by atoms with E-state index in [0.29, 0.717) is 11.1 Å². The molecule has 3 heterocycles. The van der Waals surface area contributed by atoms with Gasteiger partial charge in [-0.25, -0.2) is 0 Å². The third-order valence-corrected chi connectivity index (χ3v) is 5.79. The topological polar surface area (TPSA) is 114 Å². The van der Waals surface area contributed by atoms with Crippen molar-refractivity contribution in [2.75, 3.05) is 13.1 Å². The molecule has 1 fully saturated rings. The second-order valence-corrected chi connectivity index (χ2v) is 8.24. The standard InChI is InChI=1S/C24H19F3N4O4/c25-24(26,27)18-19(14-4-2-1-3-5-14)30-34-21(18)23-29-22(31-35-23)16-8-6-15(7-9-16)20(33)17(32)10-13-11-28-12-13/h1-9,13,20,28,33H,10-12H2. The van der Waals surface area contributed by atoms with Crippen molar-refractivity contribution in [3.05, 3.63) is 65.7 Å². The van der Waals surface area contributed by atoms with Crippen molar-refractivity contribution in [2.24, 2.45) is 5.92 Å². The second-order valence-electron chi connectivity index (χ2n) is 8.24. The minimum atomic E-state index is -4.78. The Hall–Kier alpha value is -3.83. The summed E-state index contributed by atoms with van der Waals surface area (Å²) in [4.78, 5) is 16.3. The fourth-order valence-corrected chi connectivity index (χ4v) is 3.81. The quantitative estimate of drug-likeness (QED) is 0.399. The van der Waals surface area contributed by atoms with Gasteiger partial charge >= 0.3 is 6.18 Å².